The van der Waals surface area contributed by atoms with E-state index >= 15 is 0 Å². The maximum Gasteiger partial charge on any atom is 0.123 e. The average Bonchev–Trinajstić information content (AvgIpc) is 2.27. The number of hydrogen-bond acceptors (Lipinski definition) is 2. The quantitative estimate of drug-likeness (QED) is 0.716. The molecular formula is C14H23FN2. The van der Waals surface area contributed by atoms with E-state index in [4.69, 9.17) is 5.73 Å². The minimum absolute atomic E-state index is 0.175. The lowest BCUT2D eigenvalue weighted by Crippen LogP contribution is -2.32. The van der Waals surface area contributed by atoms with Crippen LogP contribution in [0, 0.1) is 11.2 Å². The Balaban J connectivity index is 2.22. The summed E-state index contributed by atoms with van der Waals surface area (Å²) < 4.78 is 12.7. The highest BCUT2D eigenvalue weighted by Gasteiger charge is 2.15. The second kappa shape index (κ2) is 6.72. The molecule has 0 unspecified atom stereocenters. The monoisotopic (exact) mass is 238 g/mol. The zero-order valence-electron chi connectivity index (χ0n) is 10.8. The minimum atomic E-state index is -0.175. The molecule has 0 saturated carbocycles. The fraction of sp³-hybridized carbons (Fsp3) is 0.571. The molecule has 2 nitrogen and oxygen atoms in total. The van der Waals surface area contributed by atoms with Gasteiger partial charge in [0.25, 0.3) is 0 Å². The van der Waals surface area contributed by atoms with Gasteiger partial charge in [0, 0.05) is 6.54 Å². The van der Waals surface area contributed by atoms with Crippen molar-refractivity contribution >= 4 is 0 Å². The molecule has 1 aromatic carbocycles. The Kier molecular flexibility index (Phi) is 5.59. The molecule has 0 heterocycles. The molecular weight excluding hydrogens is 215 g/mol. The third kappa shape index (κ3) is 5.80. The van der Waals surface area contributed by atoms with Crippen LogP contribution < -0.4 is 11.1 Å². The second-order valence-electron chi connectivity index (χ2n) is 5.26. The molecule has 0 amide bonds. The summed E-state index contributed by atoms with van der Waals surface area (Å²) in [6.07, 6.45) is 1.95. The third-order valence-corrected chi connectivity index (χ3v) is 2.93. The summed E-state index contributed by atoms with van der Waals surface area (Å²) in [5.41, 5.74) is 6.97. The Labute approximate surface area is 103 Å². The maximum atomic E-state index is 12.7. The van der Waals surface area contributed by atoms with Crippen molar-refractivity contribution in [1.29, 1.82) is 0 Å². The van der Waals surface area contributed by atoms with Gasteiger partial charge in [-0.3, -0.25) is 0 Å². The first-order valence-electron chi connectivity index (χ1n) is 6.19. The Morgan fingerprint density at radius 3 is 2.47 bits per heavy atom. The summed E-state index contributed by atoms with van der Waals surface area (Å²) in [5, 5.41) is 3.42. The van der Waals surface area contributed by atoms with Crippen LogP contribution in [0.15, 0.2) is 24.3 Å². The van der Waals surface area contributed by atoms with Crippen LogP contribution >= 0.6 is 0 Å². The van der Waals surface area contributed by atoms with Gasteiger partial charge in [-0.2, -0.15) is 0 Å². The Bertz CT molecular complexity index is 319. The number of benzene rings is 1. The van der Waals surface area contributed by atoms with Crippen LogP contribution in [-0.2, 0) is 6.42 Å². The van der Waals surface area contributed by atoms with Gasteiger partial charge in [0.05, 0.1) is 0 Å². The minimum Gasteiger partial charge on any atom is -0.330 e. The molecule has 17 heavy (non-hydrogen) atoms. The Hall–Kier alpha value is -0.930. The van der Waals surface area contributed by atoms with Crippen molar-refractivity contribution in [2.45, 2.75) is 26.7 Å². The van der Waals surface area contributed by atoms with Gasteiger partial charge in [0.2, 0.25) is 0 Å². The van der Waals surface area contributed by atoms with Gasteiger partial charge < -0.3 is 11.1 Å². The van der Waals surface area contributed by atoms with Crippen LogP contribution in [0.3, 0.4) is 0 Å². The lowest BCUT2D eigenvalue weighted by atomic mass is 9.89. The van der Waals surface area contributed by atoms with E-state index in [9.17, 15) is 4.39 Å². The van der Waals surface area contributed by atoms with Gasteiger partial charge in [-0.25, -0.2) is 4.39 Å². The van der Waals surface area contributed by atoms with Crippen molar-refractivity contribution in [3.8, 4) is 0 Å². The predicted molar refractivity (Wildman–Crippen MR) is 70.4 cm³/mol. The predicted octanol–water partition coefficient (Wildman–Crippen LogP) is 2.33. The highest BCUT2D eigenvalue weighted by molar-refractivity contribution is 5.16. The molecule has 0 bridgehead atoms. The molecule has 0 aliphatic rings. The normalized spacial score (nSPS) is 11.8. The van der Waals surface area contributed by atoms with E-state index in [1.165, 1.54) is 12.1 Å². The summed E-state index contributed by atoms with van der Waals surface area (Å²) in [5.74, 6) is -0.175. The largest absolute Gasteiger partial charge is 0.330 e. The van der Waals surface area contributed by atoms with Gasteiger partial charge in [-0.15, -0.1) is 0 Å². The molecule has 96 valence electrons. The molecule has 0 saturated heterocycles. The van der Waals surface area contributed by atoms with Crippen LogP contribution in [0.5, 0.6) is 0 Å². The van der Waals surface area contributed by atoms with E-state index in [-0.39, 0.29) is 11.2 Å². The van der Waals surface area contributed by atoms with Gasteiger partial charge in [-0.05, 0) is 49.0 Å². The molecule has 0 aliphatic heterocycles. The van der Waals surface area contributed by atoms with Crippen molar-refractivity contribution in [2.75, 3.05) is 19.6 Å². The van der Waals surface area contributed by atoms with Crippen molar-refractivity contribution < 1.29 is 4.39 Å². The van der Waals surface area contributed by atoms with Gasteiger partial charge >= 0.3 is 0 Å². The smallest absolute Gasteiger partial charge is 0.123 e. The molecule has 0 aliphatic carbocycles. The van der Waals surface area contributed by atoms with Crippen molar-refractivity contribution in [1.82, 2.24) is 5.32 Å². The lowest BCUT2D eigenvalue weighted by Gasteiger charge is -2.24. The first-order chi connectivity index (χ1) is 8.03. The summed E-state index contributed by atoms with van der Waals surface area (Å²) in [6.45, 7) is 7.03. The summed E-state index contributed by atoms with van der Waals surface area (Å²) >= 11 is 0. The molecule has 0 spiro atoms. The zero-order valence-corrected chi connectivity index (χ0v) is 10.8. The summed E-state index contributed by atoms with van der Waals surface area (Å²) in [6, 6.07) is 6.69. The fourth-order valence-electron chi connectivity index (χ4n) is 1.79. The molecule has 0 fully saturated rings. The average molecular weight is 238 g/mol. The highest BCUT2D eigenvalue weighted by Crippen LogP contribution is 2.17. The van der Waals surface area contributed by atoms with E-state index in [0.717, 1.165) is 38.0 Å². The van der Waals surface area contributed by atoms with E-state index in [1.807, 2.05) is 12.1 Å². The maximum absolute atomic E-state index is 12.7. The van der Waals surface area contributed by atoms with E-state index in [2.05, 4.69) is 19.2 Å². The van der Waals surface area contributed by atoms with Crippen molar-refractivity contribution in [3.05, 3.63) is 35.6 Å². The van der Waals surface area contributed by atoms with E-state index in [1.54, 1.807) is 0 Å². The van der Waals surface area contributed by atoms with E-state index in [0.29, 0.717) is 0 Å². The molecule has 0 aromatic heterocycles. The van der Waals surface area contributed by atoms with E-state index < -0.39 is 0 Å². The van der Waals surface area contributed by atoms with Crippen LogP contribution in [0.1, 0.15) is 25.8 Å². The SMILES string of the molecule is CC(C)(CCN)CNCCc1ccc(F)cc1. The number of nitrogens with two attached hydrogens (primary N) is 1. The van der Waals surface area contributed by atoms with Crippen LogP contribution in [0.2, 0.25) is 0 Å². The van der Waals surface area contributed by atoms with Crippen LogP contribution in [-0.4, -0.2) is 19.6 Å². The third-order valence-electron chi connectivity index (χ3n) is 2.93. The lowest BCUT2D eigenvalue weighted by molar-refractivity contribution is 0.321. The Morgan fingerprint density at radius 2 is 1.88 bits per heavy atom. The molecule has 3 N–H and O–H groups in total. The molecule has 3 heteroatoms. The molecule has 0 radical (unpaired) electrons. The number of hydrogen-bond donors (Lipinski definition) is 2. The van der Waals surface area contributed by atoms with Crippen LogP contribution in [0.4, 0.5) is 4.39 Å². The molecule has 1 rings (SSSR count). The summed E-state index contributed by atoms with van der Waals surface area (Å²) in [4.78, 5) is 0. The van der Waals surface area contributed by atoms with Crippen molar-refractivity contribution in [2.24, 2.45) is 11.1 Å². The standard InChI is InChI=1S/C14H23FN2/c1-14(2,8-9-16)11-17-10-7-12-3-5-13(15)6-4-12/h3-6,17H,7-11,16H2,1-2H3. The fourth-order valence-corrected chi connectivity index (χ4v) is 1.79. The van der Waals surface area contributed by atoms with Crippen molar-refractivity contribution in [3.63, 3.8) is 0 Å². The first kappa shape index (κ1) is 14.1. The molecule has 1 aromatic rings. The van der Waals surface area contributed by atoms with Gasteiger partial charge in [-0.1, -0.05) is 26.0 Å². The summed E-state index contributed by atoms with van der Waals surface area (Å²) in [7, 11) is 0. The molecule has 0 atom stereocenters. The highest BCUT2D eigenvalue weighted by atomic mass is 19.1. The number of halogens is 1. The van der Waals surface area contributed by atoms with Crippen LogP contribution in [0.25, 0.3) is 0 Å². The van der Waals surface area contributed by atoms with Gasteiger partial charge in [0.1, 0.15) is 5.82 Å². The topological polar surface area (TPSA) is 38.0 Å². The number of nitrogens with one attached hydrogen (secondary N) is 1. The van der Waals surface area contributed by atoms with Gasteiger partial charge in [0.15, 0.2) is 0 Å². The zero-order chi connectivity index (χ0) is 12.7. The number of rotatable bonds is 7. The Morgan fingerprint density at radius 1 is 1.24 bits per heavy atom. The first-order valence-corrected chi connectivity index (χ1v) is 6.19. The second-order valence-corrected chi connectivity index (χ2v) is 5.26.